The molecule has 0 aromatic heterocycles. The molecule has 2 aromatic carbocycles. The van der Waals surface area contributed by atoms with Gasteiger partial charge in [-0.25, -0.2) is 10.2 Å². The Morgan fingerprint density at radius 2 is 1.74 bits per heavy atom. The highest BCUT2D eigenvalue weighted by Crippen LogP contribution is 2.22. The van der Waals surface area contributed by atoms with Crippen molar-refractivity contribution in [3.05, 3.63) is 59.7 Å². The van der Waals surface area contributed by atoms with Gasteiger partial charge in [-0.3, -0.25) is 10.2 Å². The molecule has 0 aliphatic carbocycles. The van der Waals surface area contributed by atoms with Crippen LogP contribution in [-0.2, 0) is 11.3 Å². The van der Waals surface area contributed by atoms with E-state index in [1.807, 2.05) is 55.5 Å². The lowest BCUT2D eigenvalue weighted by atomic mass is 10.00. The molecule has 0 saturated heterocycles. The number of hydrogen-bond donors (Lipinski definition) is 4. The van der Waals surface area contributed by atoms with Crippen LogP contribution in [0.25, 0.3) is 11.1 Å². The van der Waals surface area contributed by atoms with E-state index in [1.165, 1.54) is 0 Å². The number of rotatable bonds is 4. The van der Waals surface area contributed by atoms with Crippen molar-refractivity contribution in [1.29, 1.82) is 0 Å². The Bertz CT molecular complexity index is 687. The molecule has 0 radical (unpaired) electrons. The predicted molar refractivity (Wildman–Crippen MR) is 87.2 cm³/mol. The van der Waals surface area contributed by atoms with Crippen LogP contribution >= 0.6 is 0 Å². The van der Waals surface area contributed by atoms with Crippen LogP contribution in [0.15, 0.2) is 48.5 Å². The number of amides is 3. The summed E-state index contributed by atoms with van der Waals surface area (Å²) in [5.41, 5.74) is 8.45. The van der Waals surface area contributed by atoms with Gasteiger partial charge in [-0.15, -0.1) is 0 Å². The van der Waals surface area contributed by atoms with Crippen molar-refractivity contribution in [3.63, 3.8) is 0 Å². The fourth-order valence-electron chi connectivity index (χ4n) is 2.06. The number of urea groups is 1. The van der Waals surface area contributed by atoms with Gasteiger partial charge in [-0.2, -0.15) is 0 Å². The lowest BCUT2D eigenvalue weighted by Gasteiger charge is -2.11. The van der Waals surface area contributed by atoms with Crippen molar-refractivity contribution in [1.82, 2.24) is 16.2 Å². The smallest absolute Gasteiger partial charge is 0.333 e. The number of carbonyl (C=O) groups is 2. The molecule has 0 spiro atoms. The molecule has 2 aromatic rings. The Morgan fingerprint density at radius 3 is 2.43 bits per heavy atom. The summed E-state index contributed by atoms with van der Waals surface area (Å²) in [7, 11) is 0. The summed E-state index contributed by atoms with van der Waals surface area (Å²) >= 11 is 0. The first-order valence-corrected chi connectivity index (χ1v) is 7.18. The van der Waals surface area contributed by atoms with Crippen LogP contribution in [0.4, 0.5) is 4.79 Å². The van der Waals surface area contributed by atoms with E-state index in [4.69, 9.17) is 5.11 Å². The van der Waals surface area contributed by atoms with Crippen LogP contribution in [0.1, 0.15) is 11.1 Å². The van der Waals surface area contributed by atoms with Crippen LogP contribution in [0.3, 0.4) is 0 Å². The topological polar surface area (TPSA) is 90.5 Å². The van der Waals surface area contributed by atoms with E-state index in [2.05, 4.69) is 16.2 Å². The highest BCUT2D eigenvalue weighted by atomic mass is 16.3. The number of aliphatic hydroxyl groups is 1. The van der Waals surface area contributed by atoms with E-state index in [0.717, 1.165) is 22.3 Å². The highest BCUT2D eigenvalue weighted by Gasteiger charge is 2.06. The standard InChI is InChI=1S/C17H19N3O3/c1-12-7-8-14(13-5-3-2-4-6-13)9-15(12)10-18-17(23)20-19-16(22)11-21/h2-9,21H,10-11H2,1H3,(H,19,22)(H2,18,20,23). The second kappa shape index (κ2) is 7.95. The SMILES string of the molecule is Cc1ccc(-c2ccccc2)cc1CNC(=O)NNC(=O)CO. The normalized spacial score (nSPS) is 10.0. The molecule has 0 saturated carbocycles. The first kappa shape index (κ1) is 16.5. The Balaban J connectivity index is 2.00. The van der Waals surface area contributed by atoms with Gasteiger partial charge in [0, 0.05) is 6.54 Å². The quantitative estimate of drug-likeness (QED) is 0.645. The molecule has 6 nitrogen and oxygen atoms in total. The monoisotopic (exact) mass is 313 g/mol. The van der Waals surface area contributed by atoms with Gasteiger partial charge >= 0.3 is 6.03 Å². The molecule has 0 fully saturated rings. The summed E-state index contributed by atoms with van der Waals surface area (Å²) in [6, 6.07) is 15.5. The summed E-state index contributed by atoms with van der Waals surface area (Å²) in [5.74, 6) is -0.678. The molecular formula is C17H19N3O3. The fraction of sp³-hybridized carbons (Fsp3) is 0.176. The van der Waals surface area contributed by atoms with Crippen molar-refractivity contribution in [3.8, 4) is 11.1 Å². The van der Waals surface area contributed by atoms with Crippen molar-refractivity contribution in [2.75, 3.05) is 6.61 Å². The summed E-state index contributed by atoms with van der Waals surface area (Å²) in [5, 5.41) is 11.2. The maximum Gasteiger partial charge on any atom is 0.333 e. The summed E-state index contributed by atoms with van der Waals surface area (Å²) in [6.07, 6.45) is 0. The summed E-state index contributed by atoms with van der Waals surface area (Å²) < 4.78 is 0. The van der Waals surface area contributed by atoms with E-state index < -0.39 is 18.5 Å². The molecule has 2 rings (SSSR count). The lowest BCUT2D eigenvalue weighted by Crippen LogP contribution is -2.47. The van der Waals surface area contributed by atoms with Gasteiger partial charge in [0.2, 0.25) is 0 Å². The number of nitrogens with one attached hydrogen (secondary N) is 3. The van der Waals surface area contributed by atoms with Crippen LogP contribution in [0, 0.1) is 6.92 Å². The van der Waals surface area contributed by atoms with Gasteiger partial charge in [0.05, 0.1) is 0 Å². The number of aliphatic hydroxyl groups excluding tert-OH is 1. The van der Waals surface area contributed by atoms with Gasteiger partial charge in [-0.05, 0) is 35.2 Å². The Hall–Kier alpha value is -2.86. The molecule has 0 bridgehead atoms. The number of benzene rings is 2. The minimum Gasteiger partial charge on any atom is -0.386 e. The van der Waals surface area contributed by atoms with Gasteiger partial charge in [0.15, 0.2) is 0 Å². The Labute approximate surface area is 134 Å². The minimum atomic E-state index is -0.682. The summed E-state index contributed by atoms with van der Waals surface area (Å²) in [6.45, 7) is 1.61. The lowest BCUT2D eigenvalue weighted by molar-refractivity contribution is -0.124. The van der Waals surface area contributed by atoms with Gasteiger partial charge in [-0.1, -0.05) is 42.5 Å². The zero-order valence-corrected chi connectivity index (χ0v) is 12.8. The zero-order valence-electron chi connectivity index (χ0n) is 12.8. The second-order valence-corrected chi connectivity index (χ2v) is 5.02. The molecule has 0 atom stereocenters. The molecule has 6 heteroatoms. The molecule has 0 heterocycles. The van der Waals surface area contributed by atoms with Crippen LogP contribution in [0.5, 0.6) is 0 Å². The van der Waals surface area contributed by atoms with E-state index >= 15 is 0 Å². The third-order valence-electron chi connectivity index (χ3n) is 3.35. The molecule has 0 aliphatic heterocycles. The van der Waals surface area contributed by atoms with Crippen LogP contribution in [0.2, 0.25) is 0 Å². The number of hydrogen-bond acceptors (Lipinski definition) is 3. The molecule has 0 aliphatic rings. The minimum absolute atomic E-state index is 0.327. The molecule has 4 N–H and O–H groups in total. The first-order chi connectivity index (χ1) is 11.1. The molecule has 23 heavy (non-hydrogen) atoms. The molecular weight excluding hydrogens is 294 g/mol. The summed E-state index contributed by atoms with van der Waals surface area (Å²) in [4.78, 5) is 22.4. The number of hydrazine groups is 1. The second-order valence-electron chi connectivity index (χ2n) is 5.02. The van der Waals surface area contributed by atoms with Crippen molar-refractivity contribution >= 4 is 11.9 Å². The van der Waals surface area contributed by atoms with E-state index in [1.54, 1.807) is 0 Å². The van der Waals surface area contributed by atoms with Crippen molar-refractivity contribution in [2.24, 2.45) is 0 Å². The third-order valence-corrected chi connectivity index (χ3v) is 3.35. The number of aryl methyl sites for hydroxylation is 1. The Morgan fingerprint density at radius 1 is 1.00 bits per heavy atom. The third kappa shape index (κ3) is 4.82. The van der Waals surface area contributed by atoms with E-state index in [9.17, 15) is 9.59 Å². The molecule has 3 amide bonds. The first-order valence-electron chi connectivity index (χ1n) is 7.18. The molecule has 120 valence electrons. The maximum atomic E-state index is 11.6. The van der Waals surface area contributed by atoms with Crippen molar-refractivity contribution < 1.29 is 14.7 Å². The fourth-order valence-corrected chi connectivity index (χ4v) is 2.06. The average molecular weight is 313 g/mol. The van der Waals surface area contributed by atoms with E-state index in [0.29, 0.717) is 6.54 Å². The van der Waals surface area contributed by atoms with E-state index in [-0.39, 0.29) is 0 Å². The maximum absolute atomic E-state index is 11.6. The predicted octanol–water partition coefficient (Wildman–Crippen LogP) is 1.48. The molecule has 0 unspecified atom stereocenters. The van der Waals surface area contributed by atoms with Gasteiger partial charge in [0.25, 0.3) is 5.91 Å². The largest absolute Gasteiger partial charge is 0.386 e. The van der Waals surface area contributed by atoms with Gasteiger partial charge in [0.1, 0.15) is 6.61 Å². The number of carbonyl (C=O) groups excluding carboxylic acids is 2. The van der Waals surface area contributed by atoms with Gasteiger partial charge < -0.3 is 10.4 Å². The van der Waals surface area contributed by atoms with Crippen LogP contribution in [-0.4, -0.2) is 23.7 Å². The average Bonchev–Trinajstić information content (AvgIpc) is 2.59. The van der Waals surface area contributed by atoms with Crippen LogP contribution < -0.4 is 16.2 Å². The Kier molecular flexibility index (Phi) is 5.71. The van der Waals surface area contributed by atoms with Crippen molar-refractivity contribution in [2.45, 2.75) is 13.5 Å². The highest BCUT2D eigenvalue weighted by molar-refractivity contribution is 5.81. The zero-order chi connectivity index (χ0) is 16.7.